The summed E-state index contributed by atoms with van der Waals surface area (Å²) in [5.41, 5.74) is 1.58. The predicted octanol–water partition coefficient (Wildman–Crippen LogP) is 4.19. The molecule has 0 heterocycles. The van der Waals surface area contributed by atoms with Crippen molar-refractivity contribution in [1.29, 1.82) is 0 Å². The molecule has 0 saturated heterocycles. The van der Waals surface area contributed by atoms with Crippen LogP contribution in [-0.2, 0) is 0 Å². The van der Waals surface area contributed by atoms with Crippen molar-refractivity contribution in [3.05, 3.63) is 68.3 Å². The highest BCUT2D eigenvalue weighted by Crippen LogP contribution is 2.29. The molecule has 2 aromatic rings. The van der Waals surface area contributed by atoms with Gasteiger partial charge in [-0.1, -0.05) is 18.2 Å². The first-order valence-corrected chi connectivity index (χ1v) is 6.99. The maximum absolute atomic E-state index is 14.1. The van der Waals surface area contributed by atoms with Crippen LogP contribution in [0, 0.1) is 22.1 Å². The molecule has 1 N–H and O–H groups in total. The number of aryl methyl sites for hydroxylation is 1. The van der Waals surface area contributed by atoms with Gasteiger partial charge in [-0.25, -0.2) is 8.78 Å². The molecule has 1 atom stereocenters. The van der Waals surface area contributed by atoms with Gasteiger partial charge >= 0.3 is 0 Å². The summed E-state index contributed by atoms with van der Waals surface area (Å²) in [7, 11) is 1.74. The van der Waals surface area contributed by atoms with E-state index in [0.717, 1.165) is 9.13 Å². The van der Waals surface area contributed by atoms with Crippen LogP contribution in [0.4, 0.5) is 8.78 Å². The molecule has 2 aromatic carbocycles. The van der Waals surface area contributed by atoms with E-state index in [1.54, 1.807) is 14.0 Å². The molecular weight excluding hydrogens is 359 g/mol. The van der Waals surface area contributed by atoms with Gasteiger partial charge < -0.3 is 5.32 Å². The van der Waals surface area contributed by atoms with Crippen LogP contribution in [0.2, 0.25) is 0 Å². The van der Waals surface area contributed by atoms with Gasteiger partial charge in [0.2, 0.25) is 0 Å². The Labute approximate surface area is 125 Å². The van der Waals surface area contributed by atoms with Gasteiger partial charge in [-0.15, -0.1) is 0 Å². The van der Waals surface area contributed by atoms with Crippen LogP contribution in [0.15, 0.2) is 36.4 Å². The summed E-state index contributed by atoms with van der Waals surface area (Å²) in [5, 5.41) is 3.05. The molecule has 1 unspecified atom stereocenters. The molecule has 19 heavy (non-hydrogen) atoms. The van der Waals surface area contributed by atoms with E-state index in [1.165, 1.54) is 12.1 Å². The second kappa shape index (κ2) is 5.96. The summed E-state index contributed by atoms with van der Waals surface area (Å²) in [6.07, 6.45) is 0. The van der Waals surface area contributed by atoms with Gasteiger partial charge in [0.25, 0.3) is 0 Å². The Morgan fingerprint density at radius 1 is 1.05 bits per heavy atom. The second-order valence-electron chi connectivity index (χ2n) is 4.37. The van der Waals surface area contributed by atoms with Crippen molar-refractivity contribution in [1.82, 2.24) is 5.32 Å². The Morgan fingerprint density at radius 2 is 1.74 bits per heavy atom. The third-order valence-corrected chi connectivity index (χ3v) is 4.08. The van der Waals surface area contributed by atoms with Gasteiger partial charge in [0, 0.05) is 9.13 Å². The lowest BCUT2D eigenvalue weighted by molar-refractivity contribution is 0.553. The highest BCUT2D eigenvalue weighted by Gasteiger charge is 2.19. The highest BCUT2D eigenvalue weighted by atomic mass is 127. The number of nitrogens with one attached hydrogen (secondary N) is 1. The third kappa shape index (κ3) is 2.95. The summed E-state index contributed by atoms with van der Waals surface area (Å²) in [6, 6.07) is 9.83. The van der Waals surface area contributed by atoms with Crippen molar-refractivity contribution in [2.75, 3.05) is 7.05 Å². The van der Waals surface area contributed by atoms with Crippen LogP contribution >= 0.6 is 22.6 Å². The quantitative estimate of drug-likeness (QED) is 0.796. The van der Waals surface area contributed by atoms with E-state index in [9.17, 15) is 8.78 Å². The summed E-state index contributed by atoms with van der Waals surface area (Å²) in [6.45, 7) is 1.56. The molecule has 0 aliphatic heterocycles. The molecule has 0 aliphatic carbocycles. The first-order valence-electron chi connectivity index (χ1n) is 5.92. The second-order valence-corrected chi connectivity index (χ2v) is 5.53. The van der Waals surface area contributed by atoms with Crippen LogP contribution in [0.5, 0.6) is 0 Å². The van der Waals surface area contributed by atoms with Crippen LogP contribution in [0.1, 0.15) is 22.7 Å². The van der Waals surface area contributed by atoms with E-state index < -0.39 is 5.82 Å². The molecule has 1 nitrogen and oxygen atoms in total. The molecule has 0 aromatic heterocycles. The van der Waals surface area contributed by atoms with Crippen LogP contribution in [-0.4, -0.2) is 7.05 Å². The number of hydrogen-bond donors (Lipinski definition) is 1. The fourth-order valence-corrected chi connectivity index (χ4v) is 2.77. The SMILES string of the molecule is CNC(c1cc(F)c(C)cc1F)c1ccccc1I. The van der Waals surface area contributed by atoms with Crippen molar-refractivity contribution in [3.8, 4) is 0 Å². The highest BCUT2D eigenvalue weighted by molar-refractivity contribution is 14.1. The Hall–Kier alpha value is -1.01. The van der Waals surface area contributed by atoms with Crippen molar-refractivity contribution >= 4 is 22.6 Å². The molecule has 0 aliphatic rings. The first kappa shape index (κ1) is 14.4. The van der Waals surface area contributed by atoms with Crippen molar-refractivity contribution in [2.24, 2.45) is 0 Å². The zero-order valence-corrected chi connectivity index (χ0v) is 12.8. The zero-order chi connectivity index (χ0) is 14.0. The average molecular weight is 373 g/mol. The third-order valence-electron chi connectivity index (χ3n) is 3.09. The number of benzene rings is 2. The number of rotatable bonds is 3. The molecule has 0 fully saturated rings. The smallest absolute Gasteiger partial charge is 0.128 e. The van der Waals surface area contributed by atoms with Gasteiger partial charge in [0.1, 0.15) is 11.6 Å². The normalized spacial score (nSPS) is 12.5. The topological polar surface area (TPSA) is 12.0 Å². The molecule has 0 spiro atoms. The minimum absolute atomic E-state index is 0.318. The Balaban J connectivity index is 2.55. The summed E-state index contributed by atoms with van der Waals surface area (Å²) in [4.78, 5) is 0. The lowest BCUT2D eigenvalue weighted by Gasteiger charge is -2.20. The minimum atomic E-state index is -0.391. The van der Waals surface area contributed by atoms with Crippen molar-refractivity contribution in [2.45, 2.75) is 13.0 Å². The molecule has 4 heteroatoms. The lowest BCUT2D eigenvalue weighted by atomic mass is 9.97. The van der Waals surface area contributed by atoms with E-state index in [4.69, 9.17) is 0 Å². The standard InChI is InChI=1S/C15H14F2IN/c1-9-7-13(17)11(8-12(9)16)15(19-2)10-5-3-4-6-14(10)18/h3-8,15,19H,1-2H3. The molecular formula is C15H14F2IN. The molecule has 0 bridgehead atoms. The monoisotopic (exact) mass is 373 g/mol. The Kier molecular flexibility index (Phi) is 4.52. The van der Waals surface area contributed by atoms with E-state index in [2.05, 4.69) is 27.9 Å². The maximum atomic E-state index is 14.1. The van der Waals surface area contributed by atoms with Gasteiger partial charge in [-0.3, -0.25) is 0 Å². The van der Waals surface area contributed by atoms with Crippen LogP contribution < -0.4 is 5.32 Å². The van der Waals surface area contributed by atoms with E-state index in [-0.39, 0.29) is 11.9 Å². The molecule has 0 amide bonds. The zero-order valence-electron chi connectivity index (χ0n) is 10.7. The number of halogens is 3. The van der Waals surface area contributed by atoms with Gasteiger partial charge in [0.15, 0.2) is 0 Å². The minimum Gasteiger partial charge on any atom is -0.309 e. The average Bonchev–Trinajstić information content (AvgIpc) is 2.38. The first-order chi connectivity index (χ1) is 9.04. The van der Waals surface area contributed by atoms with Crippen LogP contribution in [0.3, 0.4) is 0 Å². The van der Waals surface area contributed by atoms with E-state index >= 15 is 0 Å². The lowest BCUT2D eigenvalue weighted by Crippen LogP contribution is -2.20. The maximum Gasteiger partial charge on any atom is 0.128 e. The van der Waals surface area contributed by atoms with Crippen LogP contribution in [0.25, 0.3) is 0 Å². The molecule has 100 valence electrons. The van der Waals surface area contributed by atoms with Gasteiger partial charge in [-0.05, 0) is 65.9 Å². The van der Waals surface area contributed by atoms with E-state index in [0.29, 0.717) is 11.1 Å². The van der Waals surface area contributed by atoms with Gasteiger partial charge in [0.05, 0.1) is 6.04 Å². The largest absolute Gasteiger partial charge is 0.309 e. The van der Waals surface area contributed by atoms with E-state index in [1.807, 2.05) is 24.3 Å². The number of hydrogen-bond acceptors (Lipinski definition) is 1. The van der Waals surface area contributed by atoms with Crippen molar-refractivity contribution < 1.29 is 8.78 Å². The van der Waals surface area contributed by atoms with Crippen molar-refractivity contribution in [3.63, 3.8) is 0 Å². The Bertz CT molecular complexity index is 599. The predicted molar refractivity (Wildman–Crippen MR) is 81.2 cm³/mol. The summed E-state index contributed by atoms with van der Waals surface area (Å²) in [5.74, 6) is -0.777. The fourth-order valence-electron chi connectivity index (χ4n) is 2.07. The molecule has 0 radical (unpaired) electrons. The summed E-state index contributed by atoms with van der Waals surface area (Å²) < 4.78 is 28.8. The molecule has 0 saturated carbocycles. The van der Waals surface area contributed by atoms with Gasteiger partial charge in [-0.2, -0.15) is 0 Å². The Morgan fingerprint density at radius 3 is 2.37 bits per heavy atom. The fraction of sp³-hybridized carbons (Fsp3) is 0.200. The molecule has 2 rings (SSSR count). The summed E-state index contributed by atoms with van der Waals surface area (Å²) >= 11 is 2.20.